The average Bonchev–Trinajstić information content (AvgIpc) is 2.29. The van der Waals surface area contributed by atoms with Gasteiger partial charge >= 0.3 is 0 Å². The maximum absolute atomic E-state index is 11.6. The van der Waals surface area contributed by atoms with Crippen molar-refractivity contribution in [3.63, 3.8) is 0 Å². The van der Waals surface area contributed by atoms with Crippen molar-refractivity contribution >= 4 is 5.78 Å². The fraction of sp³-hybridized carbons (Fsp3) is 0.308. The number of hydrogen-bond donors (Lipinski definition) is 0. The van der Waals surface area contributed by atoms with Crippen molar-refractivity contribution in [1.82, 2.24) is 0 Å². The van der Waals surface area contributed by atoms with Crippen molar-refractivity contribution in [1.29, 1.82) is 0 Å². The monoisotopic (exact) mass is 202 g/mol. The number of hydrogen-bond acceptors (Lipinski definition) is 2. The van der Waals surface area contributed by atoms with Gasteiger partial charge in [0.2, 0.25) is 0 Å². The van der Waals surface area contributed by atoms with Crippen LogP contribution in [0.2, 0.25) is 0 Å². The minimum absolute atomic E-state index is 0.0926. The van der Waals surface area contributed by atoms with Gasteiger partial charge in [-0.15, -0.1) is 5.92 Å². The average molecular weight is 202 g/mol. The molecule has 0 bridgehead atoms. The summed E-state index contributed by atoms with van der Waals surface area (Å²) in [5.41, 5.74) is 0.637. The van der Waals surface area contributed by atoms with E-state index in [-0.39, 0.29) is 5.78 Å². The SMILES string of the molecule is CC#CCOc1ccccc1C(=O)CC. The Morgan fingerprint density at radius 3 is 2.80 bits per heavy atom. The maximum atomic E-state index is 11.6. The number of Topliss-reactive ketones (excluding diaryl/α,β-unsaturated/α-hetero) is 1. The van der Waals surface area contributed by atoms with Crippen LogP contribution in [-0.2, 0) is 0 Å². The van der Waals surface area contributed by atoms with Crippen LogP contribution in [0.5, 0.6) is 5.75 Å². The molecule has 0 amide bonds. The van der Waals surface area contributed by atoms with E-state index in [2.05, 4.69) is 11.8 Å². The van der Waals surface area contributed by atoms with Gasteiger partial charge in [-0.25, -0.2) is 0 Å². The van der Waals surface area contributed by atoms with Crippen LogP contribution in [0.4, 0.5) is 0 Å². The zero-order valence-electron chi connectivity index (χ0n) is 9.04. The minimum atomic E-state index is 0.0926. The molecule has 0 unspecified atom stereocenters. The summed E-state index contributed by atoms with van der Waals surface area (Å²) in [6.07, 6.45) is 0.486. The maximum Gasteiger partial charge on any atom is 0.166 e. The summed E-state index contributed by atoms with van der Waals surface area (Å²) in [6.45, 7) is 3.92. The van der Waals surface area contributed by atoms with Gasteiger partial charge in [-0.3, -0.25) is 4.79 Å². The van der Waals surface area contributed by atoms with Crippen LogP contribution in [0.25, 0.3) is 0 Å². The number of carbonyl (C=O) groups is 1. The smallest absolute Gasteiger partial charge is 0.166 e. The lowest BCUT2D eigenvalue weighted by atomic mass is 10.1. The van der Waals surface area contributed by atoms with Gasteiger partial charge in [0.1, 0.15) is 12.4 Å². The molecule has 0 atom stereocenters. The van der Waals surface area contributed by atoms with E-state index in [4.69, 9.17) is 4.74 Å². The summed E-state index contributed by atoms with van der Waals surface area (Å²) < 4.78 is 5.41. The number of carbonyl (C=O) groups excluding carboxylic acids is 1. The molecule has 0 saturated heterocycles. The van der Waals surface area contributed by atoms with Crippen LogP contribution in [0, 0.1) is 11.8 Å². The van der Waals surface area contributed by atoms with Crippen LogP contribution in [0.15, 0.2) is 24.3 Å². The number of ether oxygens (including phenoxy) is 1. The van der Waals surface area contributed by atoms with E-state index in [9.17, 15) is 4.79 Å². The van der Waals surface area contributed by atoms with Crippen LogP contribution >= 0.6 is 0 Å². The largest absolute Gasteiger partial charge is 0.480 e. The molecule has 1 aromatic rings. The van der Waals surface area contributed by atoms with Crippen molar-refractivity contribution in [2.75, 3.05) is 6.61 Å². The Morgan fingerprint density at radius 1 is 1.40 bits per heavy atom. The zero-order chi connectivity index (χ0) is 11.1. The first-order valence-electron chi connectivity index (χ1n) is 4.94. The second kappa shape index (κ2) is 5.87. The van der Waals surface area contributed by atoms with Crippen LogP contribution in [0.1, 0.15) is 30.6 Å². The minimum Gasteiger partial charge on any atom is -0.480 e. The van der Waals surface area contributed by atoms with Crippen LogP contribution in [0.3, 0.4) is 0 Å². The molecule has 0 radical (unpaired) electrons. The summed E-state index contributed by atoms with van der Waals surface area (Å²) in [7, 11) is 0. The Kier molecular flexibility index (Phi) is 4.43. The third-order valence-corrected chi connectivity index (χ3v) is 1.99. The number of rotatable bonds is 4. The molecule has 0 aliphatic heterocycles. The second-order valence-electron chi connectivity index (χ2n) is 2.99. The first-order valence-corrected chi connectivity index (χ1v) is 4.94. The van der Waals surface area contributed by atoms with Gasteiger partial charge in [0.15, 0.2) is 5.78 Å². The molecule has 0 fully saturated rings. The fourth-order valence-corrected chi connectivity index (χ4v) is 1.20. The van der Waals surface area contributed by atoms with E-state index in [1.807, 2.05) is 19.1 Å². The highest BCUT2D eigenvalue weighted by molar-refractivity contribution is 5.98. The molecular weight excluding hydrogens is 188 g/mol. The molecule has 1 aromatic carbocycles. The number of benzene rings is 1. The fourth-order valence-electron chi connectivity index (χ4n) is 1.20. The molecule has 2 nitrogen and oxygen atoms in total. The molecule has 0 aromatic heterocycles. The predicted octanol–water partition coefficient (Wildman–Crippen LogP) is 2.68. The van der Waals surface area contributed by atoms with E-state index >= 15 is 0 Å². The Labute approximate surface area is 90.3 Å². The van der Waals surface area contributed by atoms with E-state index in [0.29, 0.717) is 24.3 Å². The standard InChI is InChI=1S/C13H14O2/c1-3-5-10-15-13-9-7-6-8-11(13)12(14)4-2/h6-9H,4,10H2,1-2H3. The first kappa shape index (κ1) is 11.3. The number of para-hydroxylation sites is 1. The van der Waals surface area contributed by atoms with Gasteiger partial charge in [0, 0.05) is 6.42 Å². The highest BCUT2D eigenvalue weighted by Gasteiger charge is 2.08. The molecule has 0 N–H and O–H groups in total. The van der Waals surface area contributed by atoms with Crippen molar-refractivity contribution < 1.29 is 9.53 Å². The molecule has 2 heteroatoms. The lowest BCUT2D eigenvalue weighted by Gasteiger charge is -2.07. The van der Waals surface area contributed by atoms with Crippen LogP contribution in [-0.4, -0.2) is 12.4 Å². The second-order valence-corrected chi connectivity index (χ2v) is 2.99. The molecule has 15 heavy (non-hydrogen) atoms. The van der Waals surface area contributed by atoms with Crippen molar-refractivity contribution in [3.8, 4) is 17.6 Å². The molecule has 0 aliphatic rings. The molecule has 0 spiro atoms. The lowest BCUT2D eigenvalue weighted by molar-refractivity contribution is 0.0985. The van der Waals surface area contributed by atoms with Gasteiger partial charge in [0.05, 0.1) is 5.56 Å². The summed E-state index contributed by atoms with van der Waals surface area (Å²) in [6, 6.07) is 7.25. The summed E-state index contributed by atoms with van der Waals surface area (Å²) in [5.74, 6) is 6.25. The van der Waals surface area contributed by atoms with E-state index in [0.717, 1.165) is 0 Å². The van der Waals surface area contributed by atoms with Crippen molar-refractivity contribution in [2.24, 2.45) is 0 Å². The third-order valence-electron chi connectivity index (χ3n) is 1.99. The van der Waals surface area contributed by atoms with Gasteiger partial charge in [0.25, 0.3) is 0 Å². The van der Waals surface area contributed by atoms with Crippen molar-refractivity contribution in [2.45, 2.75) is 20.3 Å². The highest BCUT2D eigenvalue weighted by Crippen LogP contribution is 2.19. The quantitative estimate of drug-likeness (QED) is 0.554. The van der Waals surface area contributed by atoms with Crippen molar-refractivity contribution in [3.05, 3.63) is 29.8 Å². The van der Waals surface area contributed by atoms with Gasteiger partial charge in [-0.1, -0.05) is 25.0 Å². The number of ketones is 1. The van der Waals surface area contributed by atoms with E-state index in [1.54, 1.807) is 19.1 Å². The Hall–Kier alpha value is -1.75. The summed E-state index contributed by atoms with van der Waals surface area (Å²) >= 11 is 0. The molecule has 0 heterocycles. The topological polar surface area (TPSA) is 26.3 Å². The summed E-state index contributed by atoms with van der Waals surface area (Å²) in [4.78, 5) is 11.6. The molecule has 78 valence electrons. The highest BCUT2D eigenvalue weighted by atomic mass is 16.5. The van der Waals surface area contributed by atoms with Gasteiger partial charge in [-0.2, -0.15) is 0 Å². The molecule has 0 saturated carbocycles. The molecular formula is C13H14O2. The van der Waals surface area contributed by atoms with E-state index < -0.39 is 0 Å². The van der Waals surface area contributed by atoms with Gasteiger partial charge < -0.3 is 4.74 Å². The van der Waals surface area contributed by atoms with Gasteiger partial charge in [-0.05, 0) is 19.1 Å². The lowest BCUT2D eigenvalue weighted by Crippen LogP contribution is -2.03. The van der Waals surface area contributed by atoms with Crippen LogP contribution < -0.4 is 4.74 Å². The Balaban J connectivity index is 2.84. The Bertz CT molecular complexity index is 396. The predicted molar refractivity (Wildman–Crippen MR) is 60.0 cm³/mol. The Morgan fingerprint density at radius 2 is 2.13 bits per heavy atom. The zero-order valence-corrected chi connectivity index (χ0v) is 9.04. The normalized spacial score (nSPS) is 8.93. The third kappa shape index (κ3) is 3.14. The first-order chi connectivity index (χ1) is 7.29. The van der Waals surface area contributed by atoms with E-state index in [1.165, 1.54) is 0 Å². The molecule has 1 rings (SSSR count). The summed E-state index contributed by atoms with van der Waals surface area (Å²) in [5, 5.41) is 0. The molecule has 0 aliphatic carbocycles.